The summed E-state index contributed by atoms with van der Waals surface area (Å²) in [7, 11) is 0. The highest BCUT2D eigenvalue weighted by Gasteiger charge is 2.28. The van der Waals surface area contributed by atoms with Crippen molar-refractivity contribution in [1.82, 2.24) is 15.3 Å². The van der Waals surface area contributed by atoms with Crippen molar-refractivity contribution in [2.45, 2.75) is 19.9 Å². The summed E-state index contributed by atoms with van der Waals surface area (Å²) in [5, 5.41) is 4.19. The van der Waals surface area contributed by atoms with E-state index in [9.17, 15) is 4.79 Å². The van der Waals surface area contributed by atoms with E-state index in [0.29, 0.717) is 26.3 Å². The van der Waals surface area contributed by atoms with Crippen LogP contribution in [0.3, 0.4) is 0 Å². The fraction of sp³-hybridized carbons (Fsp3) is 0.409. The largest absolute Gasteiger partial charge is 0.379 e. The van der Waals surface area contributed by atoms with Crippen LogP contribution in [0.15, 0.2) is 53.9 Å². The summed E-state index contributed by atoms with van der Waals surface area (Å²) in [5.41, 5.74) is 5.72. The Labute approximate surface area is 172 Å². The fourth-order valence-corrected chi connectivity index (χ4v) is 3.50. The van der Waals surface area contributed by atoms with E-state index in [1.807, 2.05) is 24.3 Å². The first-order chi connectivity index (χ1) is 14.2. The number of amides is 1. The zero-order chi connectivity index (χ0) is 20.5. The maximum Gasteiger partial charge on any atom is 0.262 e. The van der Waals surface area contributed by atoms with Crippen LogP contribution in [0, 0.1) is 0 Å². The molecule has 29 heavy (non-hydrogen) atoms. The van der Waals surface area contributed by atoms with Gasteiger partial charge in [0.1, 0.15) is 6.04 Å². The van der Waals surface area contributed by atoms with E-state index in [2.05, 4.69) is 51.3 Å². The summed E-state index contributed by atoms with van der Waals surface area (Å²) in [6.07, 6.45) is 5.08. The van der Waals surface area contributed by atoms with Crippen LogP contribution >= 0.6 is 0 Å². The lowest BCUT2D eigenvalue weighted by Gasteiger charge is -2.33. The van der Waals surface area contributed by atoms with Crippen LogP contribution in [0.1, 0.15) is 31.0 Å². The lowest BCUT2D eigenvalue weighted by atomic mass is 10.1. The van der Waals surface area contributed by atoms with Crippen LogP contribution in [-0.4, -0.2) is 61.4 Å². The van der Waals surface area contributed by atoms with Gasteiger partial charge in [-0.2, -0.15) is 5.10 Å². The maximum atomic E-state index is 12.9. The highest BCUT2D eigenvalue weighted by atomic mass is 16.5. The Morgan fingerprint density at radius 3 is 2.45 bits per heavy atom. The lowest BCUT2D eigenvalue weighted by Crippen LogP contribution is -2.44. The number of hydrogen-bond acceptors (Lipinski definition) is 6. The van der Waals surface area contributed by atoms with Crippen molar-refractivity contribution in [2.24, 2.45) is 5.10 Å². The summed E-state index contributed by atoms with van der Waals surface area (Å²) in [6, 6.07) is 11.5. The number of aromatic nitrogens is 1. The highest BCUT2D eigenvalue weighted by molar-refractivity contribution is 5.86. The molecule has 0 radical (unpaired) electrons. The topological polar surface area (TPSA) is 70.1 Å². The summed E-state index contributed by atoms with van der Waals surface area (Å²) in [5.74, 6) is -0.158. The first-order valence-corrected chi connectivity index (χ1v) is 10.1. The zero-order valence-corrected chi connectivity index (χ0v) is 17.1. The van der Waals surface area contributed by atoms with Gasteiger partial charge >= 0.3 is 0 Å². The Balaban J connectivity index is 1.66. The third kappa shape index (κ3) is 5.62. The first-order valence-electron chi connectivity index (χ1n) is 10.1. The fourth-order valence-electron chi connectivity index (χ4n) is 3.50. The van der Waals surface area contributed by atoms with Crippen molar-refractivity contribution < 1.29 is 9.53 Å². The normalized spacial score (nSPS) is 15.9. The summed E-state index contributed by atoms with van der Waals surface area (Å²) in [4.78, 5) is 21.4. The molecular weight excluding hydrogens is 366 g/mol. The second-order valence-electron chi connectivity index (χ2n) is 6.83. The van der Waals surface area contributed by atoms with Crippen molar-refractivity contribution in [1.29, 1.82) is 0 Å². The third-order valence-corrected chi connectivity index (χ3v) is 5.09. The molecule has 154 valence electrons. The van der Waals surface area contributed by atoms with Gasteiger partial charge in [-0.05, 0) is 49.2 Å². The van der Waals surface area contributed by atoms with E-state index in [-0.39, 0.29) is 5.91 Å². The minimum absolute atomic E-state index is 0.158. The van der Waals surface area contributed by atoms with Crippen LogP contribution in [0.5, 0.6) is 0 Å². The van der Waals surface area contributed by atoms with Gasteiger partial charge in [-0.1, -0.05) is 12.1 Å². The molecular formula is C22H29N5O2. The molecule has 2 aromatic rings. The van der Waals surface area contributed by atoms with E-state index < -0.39 is 6.04 Å². The van der Waals surface area contributed by atoms with Crippen molar-refractivity contribution in [3.8, 4) is 0 Å². The predicted octanol–water partition coefficient (Wildman–Crippen LogP) is 2.45. The predicted molar refractivity (Wildman–Crippen MR) is 115 cm³/mol. The number of pyridine rings is 1. The number of nitrogens with one attached hydrogen (secondary N) is 1. The Morgan fingerprint density at radius 2 is 1.83 bits per heavy atom. The second-order valence-corrected chi connectivity index (χ2v) is 6.83. The molecule has 1 N–H and O–H groups in total. The van der Waals surface area contributed by atoms with Gasteiger partial charge in [-0.25, -0.2) is 5.43 Å². The number of carbonyl (C=O) groups is 1. The van der Waals surface area contributed by atoms with Crippen molar-refractivity contribution in [3.63, 3.8) is 0 Å². The van der Waals surface area contributed by atoms with Gasteiger partial charge in [-0.3, -0.25) is 14.7 Å². The van der Waals surface area contributed by atoms with E-state index in [4.69, 9.17) is 4.74 Å². The Bertz CT molecular complexity index is 785. The summed E-state index contributed by atoms with van der Waals surface area (Å²) >= 11 is 0. The highest BCUT2D eigenvalue weighted by Crippen LogP contribution is 2.21. The van der Waals surface area contributed by atoms with Crippen molar-refractivity contribution in [3.05, 3.63) is 59.9 Å². The van der Waals surface area contributed by atoms with Crippen molar-refractivity contribution in [2.75, 3.05) is 44.3 Å². The van der Waals surface area contributed by atoms with Crippen LogP contribution in [-0.2, 0) is 9.53 Å². The van der Waals surface area contributed by atoms with Crippen LogP contribution < -0.4 is 10.3 Å². The minimum atomic E-state index is -0.413. The average Bonchev–Trinajstić information content (AvgIpc) is 2.77. The van der Waals surface area contributed by atoms with Gasteiger partial charge in [-0.15, -0.1) is 0 Å². The number of nitrogens with zero attached hydrogens (tertiary/aromatic N) is 4. The van der Waals surface area contributed by atoms with E-state index in [0.717, 1.165) is 24.2 Å². The number of hydrogen-bond donors (Lipinski definition) is 1. The Kier molecular flexibility index (Phi) is 7.72. The molecule has 0 aliphatic carbocycles. The number of rotatable bonds is 8. The molecule has 0 spiro atoms. The standard InChI is InChI=1S/C22H29N5O2/c1-3-26(4-2)20-7-5-18(6-8-20)17-24-25-22(28)21(19-9-11-23-12-10-19)27-13-15-29-16-14-27/h5-12,17,21H,3-4,13-16H2,1-2H3,(H,25,28)/b24-17-/t21-/m1/s1. The number of anilines is 1. The molecule has 2 heterocycles. The summed E-state index contributed by atoms with van der Waals surface area (Å²) < 4.78 is 5.43. The molecule has 0 unspecified atom stereocenters. The van der Waals surface area contributed by atoms with Crippen LogP contribution in [0.2, 0.25) is 0 Å². The lowest BCUT2D eigenvalue weighted by molar-refractivity contribution is -0.128. The number of benzene rings is 1. The zero-order valence-electron chi connectivity index (χ0n) is 17.1. The molecule has 1 saturated heterocycles. The molecule has 0 bridgehead atoms. The molecule has 1 aliphatic heterocycles. The van der Waals surface area contributed by atoms with E-state index in [1.54, 1.807) is 18.6 Å². The monoisotopic (exact) mass is 395 g/mol. The van der Waals surface area contributed by atoms with Crippen molar-refractivity contribution >= 4 is 17.8 Å². The van der Waals surface area contributed by atoms with E-state index >= 15 is 0 Å². The van der Waals surface area contributed by atoms with E-state index in [1.165, 1.54) is 5.69 Å². The first kappa shape index (κ1) is 21.0. The van der Waals surface area contributed by atoms with Gasteiger partial charge in [0.25, 0.3) is 5.91 Å². The molecule has 1 aromatic carbocycles. The Morgan fingerprint density at radius 1 is 1.17 bits per heavy atom. The quantitative estimate of drug-likeness (QED) is 0.549. The number of ether oxygens (including phenoxy) is 1. The molecule has 1 fully saturated rings. The molecule has 0 saturated carbocycles. The third-order valence-electron chi connectivity index (χ3n) is 5.09. The molecule has 3 rings (SSSR count). The smallest absolute Gasteiger partial charge is 0.262 e. The van der Waals surface area contributed by atoms with Crippen LogP contribution in [0.25, 0.3) is 0 Å². The Hall–Kier alpha value is -2.77. The molecule has 7 nitrogen and oxygen atoms in total. The average molecular weight is 396 g/mol. The van der Waals surface area contributed by atoms with Crippen LogP contribution in [0.4, 0.5) is 5.69 Å². The van der Waals surface area contributed by atoms with Gasteiger partial charge in [0.2, 0.25) is 0 Å². The molecule has 1 amide bonds. The maximum absolute atomic E-state index is 12.9. The minimum Gasteiger partial charge on any atom is -0.379 e. The van der Waals surface area contributed by atoms with Gasteiger partial charge in [0.15, 0.2) is 0 Å². The van der Waals surface area contributed by atoms with Gasteiger partial charge in [0.05, 0.1) is 19.4 Å². The molecule has 1 atom stereocenters. The molecule has 1 aliphatic rings. The molecule has 7 heteroatoms. The second kappa shape index (κ2) is 10.7. The number of hydrazone groups is 1. The molecule has 1 aromatic heterocycles. The van der Waals surface area contributed by atoms with Gasteiger partial charge < -0.3 is 9.64 Å². The number of morpholine rings is 1. The SMILES string of the molecule is CCN(CC)c1ccc(/C=N\NC(=O)[C@@H](c2ccncc2)N2CCOCC2)cc1. The number of carbonyl (C=O) groups excluding carboxylic acids is 1. The van der Waals surface area contributed by atoms with Gasteiger partial charge in [0, 0.05) is 44.3 Å². The summed E-state index contributed by atoms with van der Waals surface area (Å²) in [6.45, 7) is 8.88.